The van der Waals surface area contributed by atoms with Crippen LogP contribution < -0.4 is 10.1 Å². The lowest BCUT2D eigenvalue weighted by Gasteiger charge is -2.09. The largest absolute Gasteiger partial charge is 0.494 e. The van der Waals surface area contributed by atoms with Crippen LogP contribution in [-0.2, 0) is 6.54 Å². The quantitative estimate of drug-likeness (QED) is 0.586. The number of aryl methyl sites for hydroxylation is 1. The van der Waals surface area contributed by atoms with E-state index in [0.29, 0.717) is 12.1 Å². The molecule has 6 nitrogen and oxygen atoms in total. The molecule has 0 radical (unpaired) electrons. The van der Waals surface area contributed by atoms with Gasteiger partial charge in [-0.25, -0.2) is 4.52 Å². The van der Waals surface area contributed by atoms with Gasteiger partial charge in [-0.15, -0.1) is 0 Å². The number of hydrogen-bond acceptors (Lipinski definition) is 4. The summed E-state index contributed by atoms with van der Waals surface area (Å²) in [6.45, 7) is 2.36. The third kappa shape index (κ3) is 3.29. The fraction of sp³-hybridized carbons (Fsp3) is 0.143. The second-order valence-electron chi connectivity index (χ2n) is 6.26. The van der Waals surface area contributed by atoms with Crippen LogP contribution >= 0.6 is 0 Å². The molecule has 0 saturated carbocycles. The predicted octanol–water partition coefficient (Wildman–Crippen LogP) is 3.84. The minimum atomic E-state index is -0.145. The maximum absolute atomic E-state index is 12.3. The van der Waals surface area contributed by atoms with E-state index in [0.717, 1.165) is 33.7 Å². The molecule has 1 aromatic carbocycles. The van der Waals surface area contributed by atoms with E-state index in [4.69, 9.17) is 9.15 Å². The lowest BCUT2D eigenvalue weighted by molar-refractivity contribution is 0.0948. The van der Waals surface area contributed by atoms with E-state index in [1.165, 1.54) is 0 Å². The Morgan fingerprint density at radius 1 is 1.22 bits per heavy atom. The van der Waals surface area contributed by atoms with E-state index in [2.05, 4.69) is 10.4 Å². The standard InChI is InChI=1S/C21H19N3O3/c1-14-11-23-24-13-17(10-19(26-2)20(14)24)15-5-7-16(8-6-15)21(25)22-12-18-4-3-9-27-18/h3-11,13H,12H2,1-2H3,(H,22,25). The van der Waals surface area contributed by atoms with Gasteiger partial charge in [-0.3, -0.25) is 4.79 Å². The summed E-state index contributed by atoms with van der Waals surface area (Å²) in [5.74, 6) is 1.34. The molecule has 0 saturated heterocycles. The van der Waals surface area contributed by atoms with Crippen LogP contribution in [0.1, 0.15) is 21.7 Å². The highest BCUT2D eigenvalue weighted by Gasteiger charge is 2.11. The minimum absolute atomic E-state index is 0.145. The zero-order valence-corrected chi connectivity index (χ0v) is 15.1. The predicted molar refractivity (Wildman–Crippen MR) is 102 cm³/mol. The number of nitrogens with zero attached hydrogens (tertiary/aromatic N) is 2. The first-order valence-electron chi connectivity index (χ1n) is 8.58. The van der Waals surface area contributed by atoms with Crippen LogP contribution in [0.2, 0.25) is 0 Å². The topological polar surface area (TPSA) is 68.8 Å². The van der Waals surface area contributed by atoms with Crippen LogP contribution in [0.5, 0.6) is 5.75 Å². The molecule has 1 N–H and O–H groups in total. The summed E-state index contributed by atoms with van der Waals surface area (Å²) in [4.78, 5) is 12.3. The molecule has 0 fully saturated rings. The molecule has 0 spiro atoms. The van der Waals surface area contributed by atoms with Gasteiger partial charge < -0.3 is 14.5 Å². The third-order valence-corrected chi connectivity index (χ3v) is 4.46. The average Bonchev–Trinajstić information content (AvgIpc) is 3.35. The van der Waals surface area contributed by atoms with Crippen molar-refractivity contribution in [2.45, 2.75) is 13.5 Å². The van der Waals surface area contributed by atoms with Gasteiger partial charge in [0.25, 0.3) is 5.91 Å². The summed E-state index contributed by atoms with van der Waals surface area (Å²) < 4.78 is 12.6. The summed E-state index contributed by atoms with van der Waals surface area (Å²) in [5, 5.41) is 7.21. The van der Waals surface area contributed by atoms with Crippen molar-refractivity contribution in [1.82, 2.24) is 14.9 Å². The summed E-state index contributed by atoms with van der Waals surface area (Å²) in [7, 11) is 1.65. The molecule has 0 aliphatic heterocycles. The summed E-state index contributed by atoms with van der Waals surface area (Å²) >= 11 is 0. The van der Waals surface area contributed by atoms with Crippen LogP contribution in [0.25, 0.3) is 16.6 Å². The average molecular weight is 361 g/mol. The van der Waals surface area contributed by atoms with Crippen molar-refractivity contribution in [2.75, 3.05) is 7.11 Å². The van der Waals surface area contributed by atoms with Crippen LogP contribution in [0.15, 0.2) is 65.5 Å². The van der Waals surface area contributed by atoms with Gasteiger partial charge in [0.05, 0.1) is 26.1 Å². The third-order valence-electron chi connectivity index (χ3n) is 4.46. The first kappa shape index (κ1) is 16.9. The Kier molecular flexibility index (Phi) is 4.38. The van der Waals surface area contributed by atoms with Gasteiger partial charge in [0, 0.05) is 17.3 Å². The van der Waals surface area contributed by atoms with Gasteiger partial charge in [0.1, 0.15) is 17.0 Å². The van der Waals surface area contributed by atoms with Crippen LogP contribution in [-0.4, -0.2) is 22.6 Å². The summed E-state index contributed by atoms with van der Waals surface area (Å²) in [6, 6.07) is 13.0. The normalized spacial score (nSPS) is 10.9. The molecule has 3 heterocycles. The molecule has 27 heavy (non-hydrogen) atoms. The molecule has 6 heteroatoms. The SMILES string of the molecule is COc1cc(-c2ccc(C(=O)NCc3ccco3)cc2)cn2ncc(C)c12. The summed E-state index contributed by atoms with van der Waals surface area (Å²) in [5.41, 5.74) is 4.54. The number of pyridine rings is 1. The van der Waals surface area contributed by atoms with Crippen molar-refractivity contribution in [1.29, 1.82) is 0 Å². The molecule has 4 aromatic rings. The highest BCUT2D eigenvalue weighted by molar-refractivity contribution is 5.94. The van der Waals surface area contributed by atoms with E-state index >= 15 is 0 Å². The number of benzene rings is 1. The number of amides is 1. The molecule has 1 amide bonds. The van der Waals surface area contributed by atoms with E-state index in [1.54, 1.807) is 31.6 Å². The number of ether oxygens (including phenoxy) is 1. The molecule has 0 unspecified atom stereocenters. The number of carbonyl (C=O) groups is 1. The first-order valence-corrected chi connectivity index (χ1v) is 8.58. The van der Waals surface area contributed by atoms with Crippen molar-refractivity contribution in [3.63, 3.8) is 0 Å². The fourth-order valence-corrected chi connectivity index (χ4v) is 3.04. The Morgan fingerprint density at radius 2 is 2.04 bits per heavy atom. The second kappa shape index (κ2) is 6.99. The molecule has 136 valence electrons. The zero-order chi connectivity index (χ0) is 18.8. The molecule has 0 aliphatic rings. The number of methoxy groups -OCH3 is 1. The van der Waals surface area contributed by atoms with Gasteiger partial charge in [-0.05, 0) is 48.4 Å². The minimum Gasteiger partial charge on any atom is -0.494 e. The van der Waals surface area contributed by atoms with Crippen LogP contribution in [0.3, 0.4) is 0 Å². The maximum Gasteiger partial charge on any atom is 0.251 e. The Labute approximate surface area is 156 Å². The highest BCUT2D eigenvalue weighted by atomic mass is 16.5. The molecule has 3 aromatic heterocycles. The van der Waals surface area contributed by atoms with Crippen molar-refractivity contribution < 1.29 is 13.9 Å². The van der Waals surface area contributed by atoms with Gasteiger partial charge in [-0.2, -0.15) is 5.10 Å². The van der Waals surface area contributed by atoms with Gasteiger partial charge in [-0.1, -0.05) is 12.1 Å². The Balaban J connectivity index is 1.56. The number of rotatable bonds is 5. The van der Waals surface area contributed by atoms with Gasteiger partial charge in [0.2, 0.25) is 0 Å². The first-order chi connectivity index (χ1) is 13.2. The highest BCUT2D eigenvalue weighted by Crippen LogP contribution is 2.29. The van der Waals surface area contributed by atoms with Crippen molar-refractivity contribution in [3.05, 3.63) is 78.0 Å². The Morgan fingerprint density at radius 3 is 2.74 bits per heavy atom. The number of nitrogens with one attached hydrogen (secondary N) is 1. The molecular formula is C21H19N3O3. The molecule has 0 bridgehead atoms. The molecule has 0 atom stereocenters. The van der Waals surface area contributed by atoms with Crippen molar-refractivity contribution in [2.24, 2.45) is 0 Å². The van der Waals surface area contributed by atoms with E-state index in [-0.39, 0.29) is 5.91 Å². The monoisotopic (exact) mass is 361 g/mol. The lowest BCUT2D eigenvalue weighted by atomic mass is 10.0. The lowest BCUT2D eigenvalue weighted by Crippen LogP contribution is -2.22. The summed E-state index contributed by atoms with van der Waals surface area (Å²) in [6.07, 6.45) is 5.35. The fourth-order valence-electron chi connectivity index (χ4n) is 3.04. The number of aromatic nitrogens is 2. The Hall–Kier alpha value is -3.54. The number of hydrogen-bond donors (Lipinski definition) is 1. The van der Waals surface area contributed by atoms with Gasteiger partial charge >= 0.3 is 0 Å². The van der Waals surface area contributed by atoms with Crippen LogP contribution in [0.4, 0.5) is 0 Å². The smallest absolute Gasteiger partial charge is 0.251 e. The van der Waals surface area contributed by atoms with Crippen molar-refractivity contribution in [3.8, 4) is 16.9 Å². The van der Waals surface area contributed by atoms with E-state index in [9.17, 15) is 4.79 Å². The maximum atomic E-state index is 12.3. The number of fused-ring (bicyclic) bond motifs is 1. The van der Waals surface area contributed by atoms with E-state index < -0.39 is 0 Å². The van der Waals surface area contributed by atoms with Crippen LogP contribution in [0, 0.1) is 6.92 Å². The van der Waals surface area contributed by atoms with Crippen molar-refractivity contribution >= 4 is 11.4 Å². The molecule has 4 rings (SSSR count). The van der Waals surface area contributed by atoms with Gasteiger partial charge in [0.15, 0.2) is 0 Å². The number of furan rings is 1. The Bertz CT molecular complexity index is 1080. The number of carbonyl (C=O) groups excluding carboxylic acids is 1. The molecule has 0 aliphatic carbocycles. The second-order valence-corrected chi connectivity index (χ2v) is 6.26. The van der Waals surface area contributed by atoms with E-state index in [1.807, 2.05) is 48.1 Å². The zero-order valence-electron chi connectivity index (χ0n) is 15.1. The molecular weight excluding hydrogens is 342 g/mol.